The van der Waals surface area contributed by atoms with E-state index in [1.807, 2.05) is 30.3 Å². The Hall–Kier alpha value is -1.68. The lowest BCUT2D eigenvalue weighted by Crippen LogP contribution is -2.48. The van der Waals surface area contributed by atoms with Gasteiger partial charge in [0.1, 0.15) is 0 Å². The quantitative estimate of drug-likeness (QED) is 0.775. The molecule has 0 aliphatic carbocycles. The topological polar surface area (TPSA) is 40.6 Å². The first-order chi connectivity index (χ1) is 9.68. The molecule has 2 heterocycles. The average molecular weight is 272 g/mol. The van der Waals surface area contributed by atoms with Crippen LogP contribution in [0.3, 0.4) is 0 Å². The first-order valence-corrected chi connectivity index (χ1v) is 7.36. The Kier molecular flexibility index (Phi) is 3.57. The van der Waals surface area contributed by atoms with E-state index in [4.69, 9.17) is 0 Å². The molecule has 0 bridgehead atoms. The van der Waals surface area contributed by atoms with Crippen LogP contribution in [0.1, 0.15) is 32.6 Å². The summed E-state index contributed by atoms with van der Waals surface area (Å²) in [6.07, 6.45) is 3.77. The number of amides is 2. The highest BCUT2D eigenvalue weighted by Gasteiger charge is 2.44. The van der Waals surface area contributed by atoms with Crippen LogP contribution in [0.15, 0.2) is 30.3 Å². The van der Waals surface area contributed by atoms with Crippen LogP contribution in [0.4, 0.5) is 5.69 Å². The van der Waals surface area contributed by atoms with Gasteiger partial charge in [0.2, 0.25) is 5.91 Å². The summed E-state index contributed by atoms with van der Waals surface area (Å²) in [5, 5.41) is 0. The lowest BCUT2D eigenvalue weighted by molar-refractivity contribution is -0.123. The van der Waals surface area contributed by atoms with Crippen LogP contribution in [-0.2, 0) is 9.59 Å². The molecule has 0 aromatic heterocycles. The van der Waals surface area contributed by atoms with Gasteiger partial charge in [0.25, 0.3) is 5.91 Å². The largest absolute Gasteiger partial charge is 0.289 e. The Bertz CT molecular complexity index is 514. The molecule has 4 nitrogen and oxygen atoms in total. The number of anilines is 1. The number of hydrogen-bond acceptors (Lipinski definition) is 3. The van der Waals surface area contributed by atoms with E-state index in [1.165, 1.54) is 11.3 Å². The highest BCUT2D eigenvalue weighted by Crippen LogP contribution is 2.29. The molecule has 2 aliphatic heterocycles. The van der Waals surface area contributed by atoms with E-state index in [2.05, 4.69) is 11.8 Å². The molecule has 2 fully saturated rings. The van der Waals surface area contributed by atoms with Crippen molar-refractivity contribution in [1.82, 2.24) is 4.90 Å². The van der Waals surface area contributed by atoms with Crippen molar-refractivity contribution in [3.63, 3.8) is 0 Å². The van der Waals surface area contributed by atoms with E-state index in [0.717, 1.165) is 19.4 Å². The zero-order chi connectivity index (χ0) is 14.1. The summed E-state index contributed by atoms with van der Waals surface area (Å²) in [6.45, 7) is 3.08. The van der Waals surface area contributed by atoms with Crippen LogP contribution >= 0.6 is 0 Å². The van der Waals surface area contributed by atoms with Gasteiger partial charge in [0.15, 0.2) is 0 Å². The van der Waals surface area contributed by atoms with Crippen molar-refractivity contribution in [3.05, 3.63) is 30.3 Å². The minimum atomic E-state index is -0.266. The van der Waals surface area contributed by atoms with E-state index in [0.29, 0.717) is 18.2 Å². The van der Waals surface area contributed by atoms with Gasteiger partial charge in [-0.05, 0) is 38.4 Å². The predicted octanol–water partition coefficient (Wildman–Crippen LogP) is 2.19. The Morgan fingerprint density at radius 2 is 1.85 bits per heavy atom. The van der Waals surface area contributed by atoms with Crippen LogP contribution in [0.25, 0.3) is 0 Å². The van der Waals surface area contributed by atoms with Gasteiger partial charge < -0.3 is 0 Å². The van der Waals surface area contributed by atoms with Crippen LogP contribution in [0, 0.1) is 0 Å². The third-order valence-electron chi connectivity index (χ3n) is 4.39. The fourth-order valence-electron chi connectivity index (χ4n) is 3.31. The summed E-state index contributed by atoms with van der Waals surface area (Å²) >= 11 is 0. The van der Waals surface area contributed by atoms with Gasteiger partial charge in [-0.2, -0.15) is 0 Å². The van der Waals surface area contributed by atoms with Crippen molar-refractivity contribution < 1.29 is 9.59 Å². The second kappa shape index (κ2) is 5.37. The van der Waals surface area contributed by atoms with E-state index in [9.17, 15) is 9.59 Å². The number of carbonyl (C=O) groups is 2. The first-order valence-electron chi connectivity index (χ1n) is 7.36. The average Bonchev–Trinajstić information content (AvgIpc) is 2.75. The molecule has 2 saturated heterocycles. The molecule has 2 aliphatic rings. The van der Waals surface area contributed by atoms with E-state index in [-0.39, 0.29) is 17.9 Å². The summed E-state index contributed by atoms with van der Waals surface area (Å²) in [7, 11) is 0. The number of piperidine rings is 1. The summed E-state index contributed by atoms with van der Waals surface area (Å²) < 4.78 is 0. The van der Waals surface area contributed by atoms with Gasteiger partial charge >= 0.3 is 0 Å². The van der Waals surface area contributed by atoms with Crippen LogP contribution in [-0.4, -0.2) is 35.3 Å². The highest BCUT2D eigenvalue weighted by atomic mass is 16.2. The summed E-state index contributed by atoms with van der Waals surface area (Å²) in [4.78, 5) is 28.4. The Labute approximate surface area is 119 Å². The van der Waals surface area contributed by atoms with Crippen LogP contribution in [0.5, 0.6) is 0 Å². The summed E-state index contributed by atoms with van der Waals surface area (Å²) in [5.74, 6) is -0.140. The molecule has 3 rings (SSSR count). The lowest BCUT2D eigenvalue weighted by atomic mass is 10.0. The van der Waals surface area contributed by atoms with Crippen LogP contribution in [0.2, 0.25) is 0 Å². The van der Waals surface area contributed by atoms with Gasteiger partial charge in [-0.15, -0.1) is 0 Å². The highest BCUT2D eigenvalue weighted by molar-refractivity contribution is 6.22. The smallest absolute Gasteiger partial charge is 0.251 e. The standard InChI is InChI=1S/C16H20N2O2/c1-12-7-5-6-10-17(12)14-11-15(19)18(16(14)20)13-8-3-2-4-9-13/h2-4,8-9,12,14H,5-7,10-11H2,1H3/t12-,14+/m1/s1. The molecule has 0 spiro atoms. The SMILES string of the molecule is C[C@@H]1CCCCN1[C@H]1CC(=O)N(c2ccccc2)C1=O. The molecule has 2 amide bonds. The van der Waals surface area contributed by atoms with Gasteiger partial charge in [-0.3, -0.25) is 14.5 Å². The number of nitrogens with zero attached hydrogens (tertiary/aromatic N) is 2. The zero-order valence-corrected chi connectivity index (χ0v) is 11.8. The van der Waals surface area contributed by atoms with Crippen molar-refractivity contribution in [1.29, 1.82) is 0 Å². The molecular formula is C16H20N2O2. The number of rotatable bonds is 2. The molecule has 106 valence electrons. The fourth-order valence-corrected chi connectivity index (χ4v) is 3.31. The van der Waals surface area contributed by atoms with Gasteiger partial charge in [0.05, 0.1) is 18.2 Å². The number of carbonyl (C=O) groups excluding carboxylic acids is 2. The first kappa shape index (κ1) is 13.3. The monoisotopic (exact) mass is 272 g/mol. The molecule has 4 heteroatoms. The molecule has 0 unspecified atom stereocenters. The maximum Gasteiger partial charge on any atom is 0.251 e. The minimum Gasteiger partial charge on any atom is -0.289 e. The number of para-hydroxylation sites is 1. The Morgan fingerprint density at radius 3 is 2.55 bits per heavy atom. The second-order valence-electron chi connectivity index (χ2n) is 5.71. The maximum atomic E-state index is 12.6. The molecule has 1 aromatic carbocycles. The van der Waals surface area contributed by atoms with Gasteiger partial charge in [-0.1, -0.05) is 24.6 Å². The van der Waals surface area contributed by atoms with Gasteiger partial charge in [-0.25, -0.2) is 4.90 Å². The number of imide groups is 1. The van der Waals surface area contributed by atoms with Crippen molar-refractivity contribution in [2.45, 2.75) is 44.7 Å². The molecule has 0 saturated carbocycles. The molecule has 0 radical (unpaired) electrons. The third kappa shape index (κ3) is 2.24. The number of hydrogen-bond donors (Lipinski definition) is 0. The molecular weight excluding hydrogens is 252 g/mol. The second-order valence-corrected chi connectivity index (χ2v) is 5.71. The molecule has 1 aromatic rings. The molecule has 2 atom stereocenters. The predicted molar refractivity (Wildman–Crippen MR) is 77.4 cm³/mol. The van der Waals surface area contributed by atoms with Crippen molar-refractivity contribution in [3.8, 4) is 0 Å². The van der Waals surface area contributed by atoms with Gasteiger partial charge in [0, 0.05) is 6.04 Å². The van der Waals surface area contributed by atoms with E-state index < -0.39 is 0 Å². The Balaban J connectivity index is 1.83. The fraction of sp³-hybridized carbons (Fsp3) is 0.500. The maximum absolute atomic E-state index is 12.6. The normalized spacial score (nSPS) is 28.1. The minimum absolute atomic E-state index is 0.0602. The van der Waals surface area contributed by atoms with E-state index >= 15 is 0 Å². The van der Waals surface area contributed by atoms with Crippen molar-refractivity contribution >= 4 is 17.5 Å². The third-order valence-corrected chi connectivity index (χ3v) is 4.39. The molecule has 20 heavy (non-hydrogen) atoms. The Morgan fingerprint density at radius 1 is 1.10 bits per heavy atom. The molecule has 0 N–H and O–H groups in total. The number of benzene rings is 1. The summed E-state index contributed by atoms with van der Waals surface area (Å²) in [6, 6.07) is 9.35. The number of likely N-dealkylation sites (tertiary alicyclic amines) is 1. The van der Waals surface area contributed by atoms with E-state index in [1.54, 1.807) is 0 Å². The zero-order valence-electron chi connectivity index (χ0n) is 11.8. The van der Waals surface area contributed by atoms with Crippen molar-refractivity contribution in [2.24, 2.45) is 0 Å². The lowest BCUT2D eigenvalue weighted by Gasteiger charge is -2.36. The summed E-state index contributed by atoms with van der Waals surface area (Å²) in [5.41, 5.74) is 0.690. The van der Waals surface area contributed by atoms with Crippen molar-refractivity contribution in [2.75, 3.05) is 11.4 Å². The van der Waals surface area contributed by atoms with Crippen LogP contribution < -0.4 is 4.90 Å².